The molecular formula is C21H23N5O. The average molecular weight is 361 g/mol. The number of hydrogen-bond acceptors (Lipinski definition) is 6. The molecule has 27 heavy (non-hydrogen) atoms. The van der Waals surface area contributed by atoms with E-state index in [0.717, 1.165) is 47.8 Å². The van der Waals surface area contributed by atoms with Gasteiger partial charge >= 0.3 is 0 Å². The molecule has 0 saturated carbocycles. The number of para-hydroxylation sites is 1. The Balaban J connectivity index is 1.53. The monoisotopic (exact) mass is 361 g/mol. The van der Waals surface area contributed by atoms with E-state index in [1.54, 1.807) is 0 Å². The van der Waals surface area contributed by atoms with E-state index in [1.165, 1.54) is 6.33 Å². The minimum Gasteiger partial charge on any atom is -0.457 e. The first kappa shape index (κ1) is 17.5. The van der Waals surface area contributed by atoms with Gasteiger partial charge in [-0.15, -0.1) is 0 Å². The maximum absolute atomic E-state index is 6.18. The second kappa shape index (κ2) is 8.16. The van der Waals surface area contributed by atoms with Crippen molar-refractivity contribution in [3.63, 3.8) is 0 Å². The molecule has 0 bridgehead atoms. The molecule has 4 rings (SSSR count). The molecule has 2 aromatic carbocycles. The van der Waals surface area contributed by atoms with Gasteiger partial charge in [0, 0.05) is 24.7 Å². The van der Waals surface area contributed by atoms with Gasteiger partial charge < -0.3 is 21.1 Å². The summed E-state index contributed by atoms with van der Waals surface area (Å²) in [5.41, 5.74) is 8.94. The summed E-state index contributed by atoms with van der Waals surface area (Å²) in [4.78, 5) is 8.64. The van der Waals surface area contributed by atoms with Crippen molar-refractivity contribution in [3.8, 4) is 22.6 Å². The third-order valence-corrected chi connectivity index (χ3v) is 4.70. The quantitative estimate of drug-likeness (QED) is 0.626. The number of nitrogen functional groups attached to an aromatic ring is 1. The summed E-state index contributed by atoms with van der Waals surface area (Å²) in [6.45, 7) is 2.71. The zero-order valence-electron chi connectivity index (χ0n) is 15.1. The van der Waals surface area contributed by atoms with Gasteiger partial charge in [-0.1, -0.05) is 30.3 Å². The summed E-state index contributed by atoms with van der Waals surface area (Å²) < 4.78 is 5.86. The van der Waals surface area contributed by atoms with Crippen LogP contribution in [0.25, 0.3) is 11.1 Å². The van der Waals surface area contributed by atoms with Crippen molar-refractivity contribution in [3.05, 3.63) is 66.6 Å². The van der Waals surface area contributed by atoms with E-state index in [-0.39, 0.29) is 0 Å². The molecule has 1 saturated heterocycles. The molecule has 6 heteroatoms. The van der Waals surface area contributed by atoms with Crippen LogP contribution >= 0.6 is 0 Å². The Morgan fingerprint density at radius 1 is 1.04 bits per heavy atom. The zero-order valence-corrected chi connectivity index (χ0v) is 15.1. The lowest BCUT2D eigenvalue weighted by Gasteiger charge is -2.15. The molecule has 4 N–H and O–H groups in total. The summed E-state index contributed by atoms with van der Waals surface area (Å²) in [5, 5.41) is 6.90. The summed E-state index contributed by atoms with van der Waals surface area (Å²) in [6, 6.07) is 18.1. The molecule has 1 aliphatic rings. The first-order valence-corrected chi connectivity index (χ1v) is 9.16. The highest BCUT2D eigenvalue weighted by molar-refractivity contribution is 5.76. The van der Waals surface area contributed by atoms with Gasteiger partial charge in [0.05, 0.1) is 5.69 Å². The van der Waals surface area contributed by atoms with Crippen LogP contribution in [0.4, 0.5) is 5.82 Å². The average Bonchev–Trinajstić information content (AvgIpc) is 3.22. The molecule has 0 spiro atoms. The van der Waals surface area contributed by atoms with E-state index in [4.69, 9.17) is 10.5 Å². The standard InChI is InChI=1S/C21H23N5O/c22-21-20(19(25-14-26-21)13-24-16-10-11-23-12-16)15-6-8-18(9-7-15)27-17-4-2-1-3-5-17/h1-9,14,16,23-24H,10-13H2,(H2,22,25,26)/t16-/m0/s1. The van der Waals surface area contributed by atoms with Crippen LogP contribution in [-0.4, -0.2) is 29.1 Å². The zero-order chi connectivity index (χ0) is 18.5. The molecule has 138 valence electrons. The van der Waals surface area contributed by atoms with Crippen molar-refractivity contribution < 1.29 is 4.74 Å². The van der Waals surface area contributed by atoms with Crippen LogP contribution in [0.3, 0.4) is 0 Å². The van der Waals surface area contributed by atoms with E-state index in [0.29, 0.717) is 18.4 Å². The Bertz CT molecular complexity index is 877. The number of nitrogens with one attached hydrogen (secondary N) is 2. The highest BCUT2D eigenvalue weighted by atomic mass is 16.5. The number of aromatic nitrogens is 2. The smallest absolute Gasteiger partial charge is 0.135 e. The van der Waals surface area contributed by atoms with E-state index in [1.807, 2.05) is 54.6 Å². The molecule has 3 aromatic rings. The van der Waals surface area contributed by atoms with Gasteiger partial charge in [0.2, 0.25) is 0 Å². The van der Waals surface area contributed by atoms with E-state index >= 15 is 0 Å². The summed E-state index contributed by atoms with van der Waals surface area (Å²) in [7, 11) is 0. The Kier molecular flexibility index (Phi) is 5.27. The van der Waals surface area contributed by atoms with Gasteiger partial charge in [0.15, 0.2) is 0 Å². The van der Waals surface area contributed by atoms with Gasteiger partial charge in [-0.2, -0.15) is 0 Å². The fraction of sp³-hybridized carbons (Fsp3) is 0.238. The topological polar surface area (TPSA) is 85.1 Å². The fourth-order valence-electron chi connectivity index (χ4n) is 3.27. The van der Waals surface area contributed by atoms with Crippen LogP contribution in [0.5, 0.6) is 11.5 Å². The van der Waals surface area contributed by atoms with Gasteiger partial charge in [0.25, 0.3) is 0 Å². The summed E-state index contributed by atoms with van der Waals surface area (Å²) in [5.74, 6) is 2.07. The molecule has 2 heterocycles. The first-order valence-electron chi connectivity index (χ1n) is 9.16. The molecule has 0 radical (unpaired) electrons. The Hall–Kier alpha value is -2.96. The number of benzene rings is 2. The number of ether oxygens (including phenoxy) is 1. The first-order chi connectivity index (χ1) is 13.3. The largest absolute Gasteiger partial charge is 0.457 e. The van der Waals surface area contributed by atoms with Crippen molar-refractivity contribution in [1.29, 1.82) is 0 Å². The lowest BCUT2D eigenvalue weighted by molar-refractivity contribution is 0.483. The Morgan fingerprint density at radius 2 is 1.81 bits per heavy atom. The minimum atomic E-state index is 0.468. The third kappa shape index (κ3) is 4.24. The number of anilines is 1. The second-order valence-corrected chi connectivity index (χ2v) is 6.59. The lowest BCUT2D eigenvalue weighted by atomic mass is 10.0. The summed E-state index contributed by atoms with van der Waals surface area (Å²) >= 11 is 0. The second-order valence-electron chi connectivity index (χ2n) is 6.59. The maximum Gasteiger partial charge on any atom is 0.135 e. The van der Waals surface area contributed by atoms with Gasteiger partial charge in [-0.25, -0.2) is 9.97 Å². The molecule has 6 nitrogen and oxygen atoms in total. The van der Waals surface area contributed by atoms with Crippen molar-refractivity contribution >= 4 is 5.82 Å². The van der Waals surface area contributed by atoms with Crippen molar-refractivity contribution in [2.45, 2.75) is 19.0 Å². The highest BCUT2D eigenvalue weighted by Crippen LogP contribution is 2.30. The Morgan fingerprint density at radius 3 is 2.56 bits per heavy atom. The van der Waals surface area contributed by atoms with E-state index in [2.05, 4.69) is 20.6 Å². The van der Waals surface area contributed by atoms with Crippen LogP contribution in [-0.2, 0) is 6.54 Å². The third-order valence-electron chi connectivity index (χ3n) is 4.70. The van der Waals surface area contributed by atoms with Crippen molar-refractivity contribution in [2.75, 3.05) is 18.8 Å². The predicted molar refractivity (Wildman–Crippen MR) is 107 cm³/mol. The molecule has 1 aliphatic heterocycles. The van der Waals surface area contributed by atoms with Gasteiger partial charge in [0.1, 0.15) is 23.6 Å². The normalized spacial score (nSPS) is 16.4. The molecule has 1 aromatic heterocycles. The van der Waals surface area contributed by atoms with Crippen molar-refractivity contribution in [2.24, 2.45) is 0 Å². The van der Waals surface area contributed by atoms with Crippen LogP contribution in [0.2, 0.25) is 0 Å². The SMILES string of the molecule is Nc1ncnc(CN[C@H]2CCNC2)c1-c1ccc(Oc2ccccc2)cc1. The number of nitrogens with zero attached hydrogens (tertiary/aromatic N) is 2. The molecule has 1 fully saturated rings. The number of rotatable bonds is 6. The Labute approximate surface area is 158 Å². The highest BCUT2D eigenvalue weighted by Gasteiger charge is 2.16. The van der Waals surface area contributed by atoms with E-state index in [9.17, 15) is 0 Å². The molecule has 0 unspecified atom stereocenters. The van der Waals surface area contributed by atoms with Crippen LogP contribution < -0.4 is 21.1 Å². The molecular weight excluding hydrogens is 338 g/mol. The van der Waals surface area contributed by atoms with Crippen LogP contribution in [0.15, 0.2) is 60.9 Å². The van der Waals surface area contributed by atoms with Gasteiger partial charge in [-0.3, -0.25) is 0 Å². The van der Waals surface area contributed by atoms with Crippen molar-refractivity contribution in [1.82, 2.24) is 20.6 Å². The van der Waals surface area contributed by atoms with E-state index < -0.39 is 0 Å². The summed E-state index contributed by atoms with van der Waals surface area (Å²) in [6.07, 6.45) is 2.65. The molecule has 1 atom stereocenters. The maximum atomic E-state index is 6.18. The molecule has 0 amide bonds. The molecule has 0 aliphatic carbocycles. The number of hydrogen-bond donors (Lipinski definition) is 3. The lowest BCUT2D eigenvalue weighted by Crippen LogP contribution is -2.31. The van der Waals surface area contributed by atoms with Gasteiger partial charge in [-0.05, 0) is 42.8 Å². The fourth-order valence-corrected chi connectivity index (χ4v) is 3.27. The van der Waals surface area contributed by atoms with Crippen LogP contribution in [0, 0.1) is 0 Å². The minimum absolute atomic E-state index is 0.468. The van der Waals surface area contributed by atoms with Crippen LogP contribution in [0.1, 0.15) is 12.1 Å². The predicted octanol–water partition coefficient (Wildman–Crippen LogP) is 2.97. The number of nitrogens with two attached hydrogens (primary N) is 1.